The van der Waals surface area contributed by atoms with Crippen LogP contribution in [0.15, 0.2) is 29.0 Å². The molecule has 0 saturated carbocycles. The van der Waals surface area contributed by atoms with E-state index < -0.39 is 0 Å². The number of likely N-dealkylation sites (tertiary alicyclic amines) is 1. The summed E-state index contributed by atoms with van der Waals surface area (Å²) in [5, 5.41) is 4.10. The quantitative estimate of drug-likeness (QED) is 0.947. The molecule has 0 spiro atoms. The van der Waals surface area contributed by atoms with E-state index in [4.69, 9.17) is 5.73 Å². The summed E-state index contributed by atoms with van der Waals surface area (Å²) in [6.07, 6.45) is 3.21. The van der Waals surface area contributed by atoms with Crippen molar-refractivity contribution in [3.8, 4) is 11.3 Å². The smallest absolute Gasteiger partial charge is 0.255 e. The van der Waals surface area contributed by atoms with Gasteiger partial charge in [0.1, 0.15) is 0 Å². The maximum atomic E-state index is 12.8. The SMILES string of the molecule is Cc1nc(-c2ccsc2)ccc1C(=O)N1CCCCC1CN. The monoisotopic (exact) mass is 315 g/mol. The second-order valence-corrected chi connectivity index (χ2v) is 6.51. The van der Waals surface area contributed by atoms with Crippen LogP contribution in [0.3, 0.4) is 0 Å². The maximum absolute atomic E-state index is 12.8. The fraction of sp³-hybridized carbons (Fsp3) is 0.412. The van der Waals surface area contributed by atoms with Crippen LogP contribution in [0.2, 0.25) is 0 Å². The van der Waals surface area contributed by atoms with Gasteiger partial charge in [-0.15, -0.1) is 0 Å². The van der Waals surface area contributed by atoms with Crippen molar-refractivity contribution >= 4 is 17.2 Å². The maximum Gasteiger partial charge on any atom is 0.255 e. The fourth-order valence-corrected chi connectivity index (χ4v) is 3.68. The molecule has 1 saturated heterocycles. The largest absolute Gasteiger partial charge is 0.334 e. The molecule has 2 aromatic rings. The molecule has 2 N–H and O–H groups in total. The van der Waals surface area contributed by atoms with Gasteiger partial charge < -0.3 is 10.6 Å². The molecule has 1 aliphatic heterocycles. The number of piperidine rings is 1. The minimum absolute atomic E-state index is 0.0667. The van der Waals surface area contributed by atoms with Gasteiger partial charge in [-0.05, 0) is 49.8 Å². The number of aryl methyl sites for hydroxylation is 1. The number of aromatic nitrogens is 1. The Morgan fingerprint density at radius 3 is 2.95 bits per heavy atom. The predicted molar refractivity (Wildman–Crippen MR) is 90.0 cm³/mol. The van der Waals surface area contributed by atoms with Crippen molar-refractivity contribution in [2.45, 2.75) is 32.2 Å². The number of amides is 1. The predicted octanol–water partition coefficient (Wildman–Crippen LogP) is 3.07. The number of hydrogen-bond acceptors (Lipinski definition) is 4. The molecule has 1 atom stereocenters. The van der Waals surface area contributed by atoms with Crippen LogP contribution in [0.5, 0.6) is 0 Å². The first kappa shape index (κ1) is 15.2. The zero-order valence-corrected chi connectivity index (χ0v) is 13.6. The van der Waals surface area contributed by atoms with Crippen LogP contribution in [-0.2, 0) is 0 Å². The van der Waals surface area contributed by atoms with Crippen molar-refractivity contribution in [2.75, 3.05) is 13.1 Å². The molecular formula is C17H21N3OS. The Hall–Kier alpha value is -1.72. The van der Waals surface area contributed by atoms with E-state index in [0.717, 1.165) is 42.8 Å². The summed E-state index contributed by atoms with van der Waals surface area (Å²) in [6, 6.07) is 6.05. The molecule has 116 valence electrons. The molecule has 4 nitrogen and oxygen atoms in total. The van der Waals surface area contributed by atoms with Gasteiger partial charge >= 0.3 is 0 Å². The van der Waals surface area contributed by atoms with Gasteiger partial charge in [0.25, 0.3) is 5.91 Å². The normalized spacial score (nSPS) is 18.5. The van der Waals surface area contributed by atoms with Gasteiger partial charge in [0.2, 0.25) is 0 Å². The van der Waals surface area contributed by atoms with E-state index in [-0.39, 0.29) is 11.9 Å². The first-order chi connectivity index (χ1) is 10.7. The van der Waals surface area contributed by atoms with Crippen LogP contribution in [0.1, 0.15) is 35.3 Å². The summed E-state index contributed by atoms with van der Waals surface area (Å²) >= 11 is 1.65. The first-order valence-electron chi connectivity index (χ1n) is 7.72. The summed E-state index contributed by atoms with van der Waals surface area (Å²) in [5.74, 6) is 0.0667. The van der Waals surface area contributed by atoms with Crippen molar-refractivity contribution in [3.63, 3.8) is 0 Å². The van der Waals surface area contributed by atoms with Gasteiger partial charge in [-0.2, -0.15) is 11.3 Å². The lowest BCUT2D eigenvalue weighted by Crippen LogP contribution is -2.47. The second-order valence-electron chi connectivity index (χ2n) is 5.73. The van der Waals surface area contributed by atoms with E-state index in [9.17, 15) is 4.79 Å². The molecule has 0 aromatic carbocycles. The van der Waals surface area contributed by atoms with Crippen molar-refractivity contribution < 1.29 is 4.79 Å². The van der Waals surface area contributed by atoms with Gasteiger partial charge in [-0.1, -0.05) is 0 Å². The number of carbonyl (C=O) groups excluding carboxylic acids is 1. The molecule has 0 radical (unpaired) electrons. The molecule has 1 fully saturated rings. The topological polar surface area (TPSA) is 59.2 Å². The number of nitrogens with zero attached hydrogens (tertiary/aromatic N) is 2. The molecule has 2 aromatic heterocycles. The Bertz CT molecular complexity index is 654. The molecular weight excluding hydrogens is 294 g/mol. The average molecular weight is 315 g/mol. The van der Waals surface area contributed by atoms with E-state index in [1.165, 1.54) is 0 Å². The van der Waals surface area contributed by atoms with Crippen molar-refractivity contribution in [3.05, 3.63) is 40.2 Å². The Balaban J connectivity index is 1.86. The summed E-state index contributed by atoms with van der Waals surface area (Å²) in [4.78, 5) is 19.4. The molecule has 0 aliphatic carbocycles. The van der Waals surface area contributed by atoms with E-state index in [2.05, 4.69) is 10.4 Å². The lowest BCUT2D eigenvalue weighted by Gasteiger charge is -2.35. The number of pyridine rings is 1. The molecule has 5 heteroatoms. The Morgan fingerprint density at radius 2 is 2.27 bits per heavy atom. The van der Waals surface area contributed by atoms with Crippen molar-refractivity contribution in [1.82, 2.24) is 9.88 Å². The van der Waals surface area contributed by atoms with Gasteiger partial charge in [-0.3, -0.25) is 9.78 Å². The third kappa shape index (κ3) is 2.91. The van der Waals surface area contributed by atoms with Gasteiger partial charge in [0, 0.05) is 30.1 Å². The molecule has 1 unspecified atom stereocenters. The van der Waals surface area contributed by atoms with Crippen molar-refractivity contribution in [2.24, 2.45) is 5.73 Å². The number of nitrogens with two attached hydrogens (primary N) is 1. The minimum Gasteiger partial charge on any atom is -0.334 e. The summed E-state index contributed by atoms with van der Waals surface area (Å²) in [5.41, 5.74) is 9.33. The van der Waals surface area contributed by atoms with E-state index in [0.29, 0.717) is 12.1 Å². The molecule has 1 amide bonds. The Morgan fingerprint density at radius 1 is 1.41 bits per heavy atom. The third-order valence-electron chi connectivity index (χ3n) is 4.29. The van der Waals surface area contributed by atoms with Gasteiger partial charge in [0.15, 0.2) is 0 Å². The van der Waals surface area contributed by atoms with Gasteiger partial charge in [-0.25, -0.2) is 0 Å². The highest BCUT2D eigenvalue weighted by atomic mass is 32.1. The van der Waals surface area contributed by atoms with Crippen LogP contribution in [0.4, 0.5) is 0 Å². The molecule has 22 heavy (non-hydrogen) atoms. The zero-order chi connectivity index (χ0) is 15.5. The number of hydrogen-bond donors (Lipinski definition) is 1. The lowest BCUT2D eigenvalue weighted by molar-refractivity contribution is 0.0622. The molecule has 1 aliphatic rings. The Kier molecular flexibility index (Phi) is 4.55. The zero-order valence-electron chi connectivity index (χ0n) is 12.8. The standard InChI is InChI=1S/C17H21N3OS/c1-12-15(5-6-16(19-12)13-7-9-22-11-13)17(21)20-8-3-2-4-14(20)10-18/h5-7,9,11,14H,2-4,8,10,18H2,1H3. The van der Waals surface area contributed by atoms with Crippen LogP contribution in [0.25, 0.3) is 11.3 Å². The van der Waals surface area contributed by atoms with Crippen LogP contribution < -0.4 is 5.73 Å². The van der Waals surface area contributed by atoms with Crippen LogP contribution >= 0.6 is 11.3 Å². The summed E-state index contributed by atoms with van der Waals surface area (Å²) in [6.45, 7) is 3.24. The highest BCUT2D eigenvalue weighted by molar-refractivity contribution is 7.08. The third-order valence-corrected chi connectivity index (χ3v) is 4.98. The lowest BCUT2D eigenvalue weighted by atomic mass is 10.0. The number of thiophene rings is 1. The molecule has 3 rings (SSSR count). The highest BCUT2D eigenvalue weighted by Crippen LogP contribution is 2.24. The van der Waals surface area contributed by atoms with Crippen LogP contribution in [-0.4, -0.2) is 34.9 Å². The summed E-state index contributed by atoms with van der Waals surface area (Å²) < 4.78 is 0. The van der Waals surface area contributed by atoms with E-state index in [1.54, 1.807) is 11.3 Å². The van der Waals surface area contributed by atoms with E-state index in [1.807, 2.05) is 35.4 Å². The van der Waals surface area contributed by atoms with Crippen LogP contribution in [0, 0.1) is 6.92 Å². The van der Waals surface area contributed by atoms with Gasteiger partial charge in [0.05, 0.1) is 17.0 Å². The van der Waals surface area contributed by atoms with E-state index >= 15 is 0 Å². The van der Waals surface area contributed by atoms with Crippen molar-refractivity contribution in [1.29, 1.82) is 0 Å². The second kappa shape index (κ2) is 6.58. The highest BCUT2D eigenvalue weighted by Gasteiger charge is 2.27. The average Bonchev–Trinajstić information content (AvgIpc) is 3.08. The number of rotatable bonds is 3. The first-order valence-corrected chi connectivity index (χ1v) is 8.66. The minimum atomic E-state index is 0.0667. The summed E-state index contributed by atoms with van der Waals surface area (Å²) in [7, 11) is 0. The fourth-order valence-electron chi connectivity index (χ4n) is 3.03. The molecule has 0 bridgehead atoms. The Labute approximate surface area is 135 Å². The molecule has 3 heterocycles. The number of carbonyl (C=O) groups is 1.